The number of nitrogens with zero attached hydrogens (tertiary/aromatic N) is 2. The van der Waals surface area contributed by atoms with Crippen LogP contribution in [0.3, 0.4) is 0 Å². The molecular weight excluding hydrogens is 346 g/mol. The summed E-state index contributed by atoms with van der Waals surface area (Å²) in [5.74, 6) is 0.715. The minimum Gasteiger partial charge on any atom is -0.330 e. The summed E-state index contributed by atoms with van der Waals surface area (Å²) in [6.45, 7) is 2.76. The topological polar surface area (TPSA) is 45.2 Å². The molecule has 1 saturated heterocycles. The first-order chi connectivity index (χ1) is 13.8. The van der Waals surface area contributed by atoms with Gasteiger partial charge >= 0.3 is 0 Å². The summed E-state index contributed by atoms with van der Waals surface area (Å²) in [7, 11) is 0. The molecule has 1 saturated carbocycles. The average molecular weight is 378 g/mol. The second kappa shape index (κ2) is 9.33. The molecule has 2 heterocycles. The van der Waals surface area contributed by atoms with Gasteiger partial charge in [0.1, 0.15) is 0 Å². The fourth-order valence-electron chi connectivity index (χ4n) is 4.63. The summed E-state index contributed by atoms with van der Waals surface area (Å²) in [5.41, 5.74) is 3.11. The van der Waals surface area contributed by atoms with Crippen molar-refractivity contribution in [1.82, 2.24) is 15.2 Å². The quantitative estimate of drug-likeness (QED) is 0.833. The average Bonchev–Trinajstić information content (AvgIpc) is 2.79. The molecule has 1 unspecified atom stereocenters. The molecule has 28 heavy (non-hydrogen) atoms. The second-order valence-electron chi connectivity index (χ2n) is 8.21. The minimum absolute atomic E-state index is 0.144. The Balaban J connectivity index is 1.52. The molecule has 0 bridgehead atoms. The predicted molar refractivity (Wildman–Crippen MR) is 112 cm³/mol. The van der Waals surface area contributed by atoms with E-state index < -0.39 is 0 Å². The molecule has 4 nitrogen and oxygen atoms in total. The molecule has 1 amide bonds. The van der Waals surface area contributed by atoms with Crippen molar-refractivity contribution >= 4 is 5.91 Å². The maximum atomic E-state index is 13.4. The van der Waals surface area contributed by atoms with E-state index in [2.05, 4.69) is 27.3 Å². The van der Waals surface area contributed by atoms with E-state index in [-0.39, 0.29) is 5.91 Å². The van der Waals surface area contributed by atoms with E-state index in [9.17, 15) is 4.79 Å². The Bertz CT molecular complexity index is 747. The number of benzene rings is 1. The van der Waals surface area contributed by atoms with Gasteiger partial charge < -0.3 is 10.2 Å². The zero-order valence-electron chi connectivity index (χ0n) is 16.6. The highest BCUT2D eigenvalue weighted by Crippen LogP contribution is 2.27. The van der Waals surface area contributed by atoms with Gasteiger partial charge in [0.05, 0.1) is 12.2 Å². The standard InChI is InChI=1S/C24H31N3O/c28-24(20-13-11-19(12-14-20)21-7-6-15-25-17-21)27(23-9-2-1-3-10-23)18-22-8-4-5-16-26-22/h4-5,8,11-14,16,21,23,25H,1-3,6-7,9-10,15,17-18H2. The molecular formula is C24H31N3O. The van der Waals surface area contributed by atoms with Gasteiger partial charge in [-0.3, -0.25) is 9.78 Å². The van der Waals surface area contributed by atoms with Crippen LogP contribution in [0.1, 0.15) is 72.5 Å². The van der Waals surface area contributed by atoms with Gasteiger partial charge in [-0.25, -0.2) is 0 Å². The fourth-order valence-corrected chi connectivity index (χ4v) is 4.63. The van der Waals surface area contributed by atoms with E-state index in [0.29, 0.717) is 18.5 Å². The number of pyridine rings is 1. The third-order valence-corrected chi connectivity index (χ3v) is 6.26. The summed E-state index contributed by atoms with van der Waals surface area (Å²) in [6.07, 6.45) is 10.2. The minimum atomic E-state index is 0.144. The van der Waals surface area contributed by atoms with E-state index in [1.807, 2.05) is 36.5 Å². The second-order valence-corrected chi connectivity index (χ2v) is 8.21. The lowest BCUT2D eigenvalue weighted by atomic mass is 9.90. The zero-order valence-corrected chi connectivity index (χ0v) is 16.6. The smallest absolute Gasteiger partial charge is 0.254 e. The van der Waals surface area contributed by atoms with Gasteiger partial charge in [0.15, 0.2) is 0 Å². The van der Waals surface area contributed by atoms with Crippen LogP contribution in [0.15, 0.2) is 48.7 Å². The predicted octanol–water partition coefficient (Wildman–Crippen LogP) is 4.52. The summed E-state index contributed by atoms with van der Waals surface area (Å²) in [6, 6.07) is 14.6. The maximum absolute atomic E-state index is 13.4. The Morgan fingerprint density at radius 3 is 2.50 bits per heavy atom. The number of aromatic nitrogens is 1. The molecule has 1 aliphatic heterocycles. The first-order valence-electron chi connectivity index (χ1n) is 10.8. The van der Waals surface area contributed by atoms with Crippen molar-refractivity contribution < 1.29 is 4.79 Å². The largest absolute Gasteiger partial charge is 0.330 e. The number of piperidine rings is 1. The van der Waals surface area contributed by atoms with Crippen molar-refractivity contribution in [1.29, 1.82) is 0 Å². The lowest BCUT2D eigenvalue weighted by Crippen LogP contribution is -2.41. The van der Waals surface area contributed by atoms with Gasteiger partial charge in [-0.05, 0) is 68.0 Å². The van der Waals surface area contributed by atoms with Crippen molar-refractivity contribution in [3.05, 3.63) is 65.5 Å². The fraction of sp³-hybridized carbons (Fsp3) is 0.500. The van der Waals surface area contributed by atoms with Crippen LogP contribution in [0, 0.1) is 0 Å². The van der Waals surface area contributed by atoms with Crippen molar-refractivity contribution in [3.63, 3.8) is 0 Å². The molecule has 1 atom stereocenters. The van der Waals surface area contributed by atoms with Crippen LogP contribution in [0.2, 0.25) is 0 Å². The molecule has 0 radical (unpaired) electrons. The molecule has 148 valence electrons. The Morgan fingerprint density at radius 1 is 1.00 bits per heavy atom. The van der Waals surface area contributed by atoms with Gasteiger partial charge in [-0.15, -0.1) is 0 Å². The summed E-state index contributed by atoms with van der Waals surface area (Å²) < 4.78 is 0. The van der Waals surface area contributed by atoms with E-state index in [0.717, 1.165) is 37.2 Å². The summed E-state index contributed by atoms with van der Waals surface area (Å²) >= 11 is 0. The molecule has 4 heteroatoms. The van der Waals surface area contributed by atoms with Crippen LogP contribution in [-0.2, 0) is 6.54 Å². The molecule has 2 aromatic rings. The highest BCUT2D eigenvalue weighted by Gasteiger charge is 2.27. The van der Waals surface area contributed by atoms with Crippen molar-refractivity contribution in [2.24, 2.45) is 0 Å². The number of hydrogen-bond donors (Lipinski definition) is 1. The third kappa shape index (κ3) is 4.61. The number of carbonyl (C=O) groups excluding carboxylic acids is 1. The molecule has 0 spiro atoms. The molecule has 2 aliphatic rings. The summed E-state index contributed by atoms with van der Waals surface area (Å²) in [5, 5.41) is 3.48. The van der Waals surface area contributed by atoms with Gasteiger partial charge in [0.25, 0.3) is 5.91 Å². The number of rotatable bonds is 5. The Labute approximate surface area is 168 Å². The van der Waals surface area contributed by atoms with Crippen molar-refractivity contribution in [3.8, 4) is 0 Å². The summed E-state index contributed by atoms with van der Waals surface area (Å²) in [4.78, 5) is 20.0. The van der Waals surface area contributed by atoms with E-state index >= 15 is 0 Å². The highest BCUT2D eigenvalue weighted by atomic mass is 16.2. The van der Waals surface area contributed by atoms with Gasteiger partial charge in [-0.2, -0.15) is 0 Å². The normalized spacial score (nSPS) is 20.6. The zero-order chi connectivity index (χ0) is 19.2. The van der Waals surface area contributed by atoms with E-state index in [1.54, 1.807) is 0 Å². The SMILES string of the molecule is O=C(c1ccc(C2CCCNC2)cc1)N(Cc1ccccn1)C1CCCCC1. The van der Waals surface area contributed by atoms with Crippen molar-refractivity contribution in [2.45, 2.75) is 63.5 Å². The maximum Gasteiger partial charge on any atom is 0.254 e. The van der Waals surface area contributed by atoms with Crippen LogP contribution in [-0.4, -0.2) is 34.9 Å². The number of hydrogen-bond acceptors (Lipinski definition) is 3. The van der Waals surface area contributed by atoms with Crippen LogP contribution in [0.4, 0.5) is 0 Å². The first-order valence-corrected chi connectivity index (χ1v) is 10.8. The highest BCUT2D eigenvalue weighted by molar-refractivity contribution is 5.94. The van der Waals surface area contributed by atoms with Gasteiger partial charge in [0, 0.05) is 24.3 Å². The molecule has 1 aliphatic carbocycles. The molecule has 1 N–H and O–H groups in total. The Kier molecular flexibility index (Phi) is 6.38. The number of carbonyl (C=O) groups is 1. The molecule has 1 aromatic heterocycles. The van der Waals surface area contributed by atoms with Crippen LogP contribution >= 0.6 is 0 Å². The van der Waals surface area contributed by atoms with Crippen LogP contribution in [0.25, 0.3) is 0 Å². The lowest BCUT2D eigenvalue weighted by Gasteiger charge is -2.34. The Morgan fingerprint density at radius 2 is 1.82 bits per heavy atom. The Hall–Kier alpha value is -2.20. The molecule has 2 fully saturated rings. The van der Waals surface area contributed by atoms with E-state index in [4.69, 9.17) is 0 Å². The van der Waals surface area contributed by atoms with Crippen molar-refractivity contribution in [2.75, 3.05) is 13.1 Å². The monoisotopic (exact) mass is 377 g/mol. The first kappa shape index (κ1) is 19.1. The lowest BCUT2D eigenvalue weighted by molar-refractivity contribution is 0.0611. The number of nitrogens with one attached hydrogen (secondary N) is 1. The number of amides is 1. The molecule has 4 rings (SSSR count). The van der Waals surface area contributed by atoms with Crippen LogP contribution < -0.4 is 5.32 Å². The van der Waals surface area contributed by atoms with Crippen LogP contribution in [0.5, 0.6) is 0 Å². The van der Waals surface area contributed by atoms with Gasteiger partial charge in [0.2, 0.25) is 0 Å². The molecule has 1 aromatic carbocycles. The van der Waals surface area contributed by atoms with Gasteiger partial charge in [-0.1, -0.05) is 37.5 Å². The van der Waals surface area contributed by atoms with E-state index in [1.165, 1.54) is 37.7 Å². The third-order valence-electron chi connectivity index (χ3n) is 6.26.